The van der Waals surface area contributed by atoms with Gasteiger partial charge in [0.25, 0.3) is 0 Å². The Bertz CT molecular complexity index is 460. The highest BCUT2D eigenvalue weighted by molar-refractivity contribution is 5.79. The van der Waals surface area contributed by atoms with Crippen LogP contribution in [0.15, 0.2) is 23.3 Å². The van der Waals surface area contributed by atoms with Crippen molar-refractivity contribution >= 4 is 5.96 Å². The molecule has 0 fully saturated rings. The van der Waals surface area contributed by atoms with E-state index in [0.29, 0.717) is 18.5 Å². The summed E-state index contributed by atoms with van der Waals surface area (Å²) in [5.41, 5.74) is 1.11. The second-order valence-electron chi connectivity index (χ2n) is 6.00. The molecule has 0 spiro atoms. The maximum atomic E-state index is 5.13. The fourth-order valence-corrected chi connectivity index (χ4v) is 2.19. The first-order chi connectivity index (χ1) is 10.5. The van der Waals surface area contributed by atoms with E-state index >= 15 is 0 Å². The minimum absolute atomic E-state index is 0.414. The Balaban J connectivity index is 2.38. The SMILES string of the molecule is CN=C(NCc1ccnc(OC)c1)NC(C)CCCC(C)C. The minimum atomic E-state index is 0.414. The third kappa shape index (κ3) is 7.29. The summed E-state index contributed by atoms with van der Waals surface area (Å²) in [5.74, 6) is 2.23. The molecule has 1 aromatic rings. The number of aliphatic imine (C=N–C) groups is 1. The lowest BCUT2D eigenvalue weighted by atomic mass is 10.0. The summed E-state index contributed by atoms with van der Waals surface area (Å²) in [7, 11) is 3.42. The number of hydrogen-bond donors (Lipinski definition) is 2. The molecule has 0 saturated carbocycles. The van der Waals surface area contributed by atoms with Crippen LogP contribution in [0.2, 0.25) is 0 Å². The van der Waals surface area contributed by atoms with Gasteiger partial charge in [0.2, 0.25) is 5.88 Å². The number of hydrogen-bond acceptors (Lipinski definition) is 3. The van der Waals surface area contributed by atoms with Crippen LogP contribution in [0.5, 0.6) is 5.88 Å². The zero-order valence-electron chi connectivity index (χ0n) is 14.5. The third-order valence-electron chi connectivity index (χ3n) is 3.49. The number of nitrogens with zero attached hydrogens (tertiary/aromatic N) is 2. The van der Waals surface area contributed by atoms with E-state index in [2.05, 4.69) is 41.4 Å². The average Bonchev–Trinajstić information content (AvgIpc) is 2.51. The summed E-state index contributed by atoms with van der Waals surface area (Å²) >= 11 is 0. The van der Waals surface area contributed by atoms with Gasteiger partial charge < -0.3 is 15.4 Å². The predicted octanol–water partition coefficient (Wildman–Crippen LogP) is 2.97. The first-order valence-corrected chi connectivity index (χ1v) is 8.01. The zero-order chi connectivity index (χ0) is 16.4. The average molecular weight is 306 g/mol. The number of nitrogens with one attached hydrogen (secondary N) is 2. The van der Waals surface area contributed by atoms with Gasteiger partial charge in [-0.25, -0.2) is 4.98 Å². The van der Waals surface area contributed by atoms with Crippen molar-refractivity contribution in [3.8, 4) is 5.88 Å². The van der Waals surface area contributed by atoms with Gasteiger partial charge in [-0.1, -0.05) is 26.7 Å². The minimum Gasteiger partial charge on any atom is -0.481 e. The van der Waals surface area contributed by atoms with Crippen molar-refractivity contribution in [3.05, 3.63) is 23.9 Å². The number of guanidine groups is 1. The number of aromatic nitrogens is 1. The van der Waals surface area contributed by atoms with Crippen LogP contribution < -0.4 is 15.4 Å². The van der Waals surface area contributed by atoms with Gasteiger partial charge in [-0.15, -0.1) is 0 Å². The molecular weight excluding hydrogens is 276 g/mol. The van der Waals surface area contributed by atoms with Crippen molar-refractivity contribution in [3.63, 3.8) is 0 Å². The van der Waals surface area contributed by atoms with Crippen LogP contribution in [-0.2, 0) is 6.54 Å². The summed E-state index contributed by atoms with van der Waals surface area (Å²) in [6.07, 6.45) is 5.42. The van der Waals surface area contributed by atoms with Crippen LogP contribution in [0.25, 0.3) is 0 Å². The summed E-state index contributed by atoms with van der Waals surface area (Å²) in [6, 6.07) is 4.30. The lowest BCUT2D eigenvalue weighted by Crippen LogP contribution is -2.41. The molecule has 0 amide bonds. The van der Waals surface area contributed by atoms with Gasteiger partial charge in [-0.2, -0.15) is 0 Å². The van der Waals surface area contributed by atoms with Crippen molar-refractivity contribution in [2.75, 3.05) is 14.2 Å². The van der Waals surface area contributed by atoms with Gasteiger partial charge in [0.1, 0.15) is 0 Å². The van der Waals surface area contributed by atoms with E-state index in [9.17, 15) is 0 Å². The Hall–Kier alpha value is -1.78. The molecule has 0 aromatic carbocycles. The number of pyridine rings is 1. The van der Waals surface area contributed by atoms with Crippen LogP contribution in [0.3, 0.4) is 0 Å². The van der Waals surface area contributed by atoms with Crippen LogP contribution in [0, 0.1) is 5.92 Å². The van der Waals surface area contributed by atoms with Gasteiger partial charge in [0, 0.05) is 31.9 Å². The molecule has 22 heavy (non-hydrogen) atoms. The van der Waals surface area contributed by atoms with Gasteiger partial charge >= 0.3 is 0 Å². The monoisotopic (exact) mass is 306 g/mol. The van der Waals surface area contributed by atoms with Crippen molar-refractivity contribution in [2.24, 2.45) is 10.9 Å². The molecule has 0 bridgehead atoms. The molecule has 1 aromatic heterocycles. The second-order valence-corrected chi connectivity index (χ2v) is 6.00. The Morgan fingerprint density at radius 1 is 1.32 bits per heavy atom. The second kappa shape index (κ2) is 10.0. The van der Waals surface area contributed by atoms with Gasteiger partial charge in [-0.05, 0) is 30.9 Å². The molecule has 1 heterocycles. The Morgan fingerprint density at radius 2 is 2.09 bits per heavy atom. The molecule has 0 aliphatic rings. The van der Waals surface area contributed by atoms with Crippen molar-refractivity contribution in [2.45, 2.75) is 52.6 Å². The van der Waals surface area contributed by atoms with Crippen LogP contribution in [0.4, 0.5) is 0 Å². The molecule has 1 rings (SSSR count). The normalized spacial score (nSPS) is 13.1. The highest BCUT2D eigenvalue weighted by Crippen LogP contribution is 2.09. The summed E-state index contributed by atoms with van der Waals surface area (Å²) < 4.78 is 5.13. The van der Waals surface area contributed by atoms with Crippen molar-refractivity contribution in [1.29, 1.82) is 0 Å². The smallest absolute Gasteiger partial charge is 0.213 e. The van der Waals surface area contributed by atoms with Gasteiger partial charge in [0.15, 0.2) is 5.96 Å². The fourth-order valence-electron chi connectivity index (χ4n) is 2.19. The molecule has 0 radical (unpaired) electrons. The zero-order valence-corrected chi connectivity index (χ0v) is 14.5. The summed E-state index contributed by atoms with van der Waals surface area (Å²) in [6.45, 7) is 7.42. The molecule has 1 atom stereocenters. The largest absolute Gasteiger partial charge is 0.481 e. The molecule has 124 valence electrons. The molecule has 1 unspecified atom stereocenters. The Labute approximate surface area is 134 Å². The van der Waals surface area contributed by atoms with E-state index in [1.54, 1.807) is 20.4 Å². The summed E-state index contributed by atoms with van der Waals surface area (Å²) in [4.78, 5) is 8.38. The first-order valence-electron chi connectivity index (χ1n) is 8.01. The van der Waals surface area contributed by atoms with E-state index in [-0.39, 0.29) is 0 Å². The van der Waals surface area contributed by atoms with Crippen LogP contribution in [0.1, 0.15) is 45.6 Å². The van der Waals surface area contributed by atoms with E-state index in [0.717, 1.165) is 23.9 Å². The Morgan fingerprint density at radius 3 is 2.73 bits per heavy atom. The number of rotatable bonds is 8. The van der Waals surface area contributed by atoms with Crippen molar-refractivity contribution < 1.29 is 4.74 Å². The van der Waals surface area contributed by atoms with E-state index < -0.39 is 0 Å². The standard InChI is InChI=1S/C17H30N4O/c1-13(2)7-6-8-14(3)21-17(18-4)20-12-15-9-10-19-16(11-15)22-5/h9-11,13-14H,6-8,12H2,1-5H3,(H2,18,20,21). The maximum absolute atomic E-state index is 5.13. The van der Waals surface area contributed by atoms with Crippen LogP contribution in [-0.4, -0.2) is 31.1 Å². The molecule has 5 heteroatoms. The van der Waals surface area contributed by atoms with Gasteiger partial charge in [0.05, 0.1) is 7.11 Å². The topological polar surface area (TPSA) is 58.5 Å². The van der Waals surface area contributed by atoms with E-state index in [1.807, 2.05) is 12.1 Å². The lowest BCUT2D eigenvalue weighted by Gasteiger charge is -2.18. The predicted molar refractivity (Wildman–Crippen MR) is 92.3 cm³/mol. The molecule has 5 nitrogen and oxygen atoms in total. The van der Waals surface area contributed by atoms with E-state index in [1.165, 1.54) is 12.8 Å². The molecule has 0 saturated heterocycles. The van der Waals surface area contributed by atoms with E-state index in [4.69, 9.17) is 4.74 Å². The Kier molecular flexibility index (Phi) is 8.33. The highest BCUT2D eigenvalue weighted by atomic mass is 16.5. The fraction of sp³-hybridized carbons (Fsp3) is 0.647. The molecule has 0 aliphatic heterocycles. The highest BCUT2D eigenvalue weighted by Gasteiger charge is 2.06. The van der Waals surface area contributed by atoms with Crippen molar-refractivity contribution in [1.82, 2.24) is 15.6 Å². The summed E-state index contributed by atoms with van der Waals surface area (Å²) in [5, 5.41) is 6.75. The third-order valence-corrected chi connectivity index (χ3v) is 3.49. The molecule has 2 N–H and O–H groups in total. The maximum Gasteiger partial charge on any atom is 0.213 e. The quantitative estimate of drug-likeness (QED) is 0.572. The number of ether oxygens (including phenoxy) is 1. The number of methoxy groups -OCH3 is 1. The lowest BCUT2D eigenvalue weighted by molar-refractivity contribution is 0.397. The van der Waals surface area contributed by atoms with Gasteiger partial charge in [-0.3, -0.25) is 4.99 Å². The first kappa shape index (κ1) is 18.3. The molecular formula is C17H30N4O. The molecule has 0 aliphatic carbocycles. The van der Waals surface area contributed by atoms with Crippen LogP contribution >= 0.6 is 0 Å².